The van der Waals surface area contributed by atoms with Gasteiger partial charge in [-0.15, -0.1) is 0 Å². The van der Waals surface area contributed by atoms with E-state index in [1.54, 1.807) is 30.3 Å². The Balaban J connectivity index is 1.81. The fraction of sp³-hybridized carbons (Fsp3) is 0.333. The average Bonchev–Trinajstić information content (AvgIpc) is 2.73. The minimum atomic E-state index is -3.73. The number of nitrogens with two attached hydrogens (primary N) is 1. The first-order valence-electron chi connectivity index (χ1n) is 9.80. The van der Waals surface area contributed by atoms with Crippen molar-refractivity contribution in [2.75, 3.05) is 26.3 Å². The van der Waals surface area contributed by atoms with Crippen LogP contribution in [0.1, 0.15) is 29.8 Å². The van der Waals surface area contributed by atoms with Crippen LogP contribution in [0.2, 0.25) is 0 Å². The van der Waals surface area contributed by atoms with Crippen LogP contribution in [0.3, 0.4) is 0 Å². The topological polar surface area (TPSA) is 137 Å². The number of hydrogen-bond donors (Lipinski definition) is 3. The Bertz CT molecular complexity index is 1010. The Morgan fingerprint density at radius 3 is 2.19 bits per heavy atom. The Morgan fingerprint density at radius 1 is 0.935 bits per heavy atom. The van der Waals surface area contributed by atoms with E-state index in [0.29, 0.717) is 43.2 Å². The molecule has 168 valence electrons. The maximum atomic E-state index is 12.3. The number of ether oxygens (including phenoxy) is 2. The van der Waals surface area contributed by atoms with Crippen molar-refractivity contribution >= 4 is 21.8 Å². The van der Waals surface area contributed by atoms with Crippen LogP contribution in [0, 0.1) is 0 Å². The predicted octanol–water partition coefficient (Wildman–Crippen LogP) is 1.22. The first kappa shape index (κ1) is 24.2. The van der Waals surface area contributed by atoms with Crippen molar-refractivity contribution in [1.82, 2.24) is 10.6 Å². The Hall–Kier alpha value is -3.11. The zero-order valence-corrected chi connectivity index (χ0v) is 18.3. The van der Waals surface area contributed by atoms with Gasteiger partial charge in [0.25, 0.3) is 5.91 Å². The lowest BCUT2D eigenvalue weighted by atomic mass is 10.1. The molecule has 0 spiro atoms. The normalized spacial score (nSPS) is 10.9. The summed E-state index contributed by atoms with van der Waals surface area (Å²) in [6.07, 6.45) is 0.501. The number of benzene rings is 2. The molecule has 0 bridgehead atoms. The average molecular weight is 450 g/mol. The van der Waals surface area contributed by atoms with Crippen LogP contribution in [0.5, 0.6) is 11.5 Å². The molecule has 2 amide bonds. The molecule has 0 unspecified atom stereocenters. The summed E-state index contributed by atoms with van der Waals surface area (Å²) >= 11 is 0. The monoisotopic (exact) mass is 449 g/mol. The number of carbonyl (C=O) groups excluding carboxylic acids is 2. The summed E-state index contributed by atoms with van der Waals surface area (Å²) in [5, 5.41) is 10.3. The standard InChI is InChI=1S/C21H27N3O6S/c1-3-29-18-10-7-16(13-19(18)30-4-2)21(26)24-14-20(25)23-12-11-15-5-8-17(9-6-15)31(22,27)28/h5-10,13H,3-4,11-12,14H2,1-2H3,(H,23,25)(H,24,26)(H2,22,27,28). The maximum absolute atomic E-state index is 12.3. The molecule has 4 N–H and O–H groups in total. The molecule has 0 heterocycles. The van der Waals surface area contributed by atoms with Gasteiger partial charge in [-0.2, -0.15) is 0 Å². The second kappa shape index (κ2) is 11.3. The summed E-state index contributed by atoms with van der Waals surface area (Å²) in [7, 11) is -3.73. The molecule has 0 fully saturated rings. The fourth-order valence-corrected chi connectivity index (χ4v) is 3.22. The van der Waals surface area contributed by atoms with Crippen LogP contribution in [-0.4, -0.2) is 46.5 Å². The van der Waals surface area contributed by atoms with E-state index in [0.717, 1.165) is 5.56 Å². The minimum Gasteiger partial charge on any atom is -0.490 e. The Kier molecular flexibility index (Phi) is 8.83. The molecule has 0 saturated carbocycles. The van der Waals surface area contributed by atoms with Gasteiger partial charge in [0, 0.05) is 12.1 Å². The molecule has 9 nitrogen and oxygen atoms in total. The van der Waals surface area contributed by atoms with Crippen LogP contribution >= 0.6 is 0 Å². The van der Waals surface area contributed by atoms with Crippen molar-refractivity contribution < 1.29 is 27.5 Å². The number of rotatable bonds is 11. The van der Waals surface area contributed by atoms with Gasteiger partial charge in [0.2, 0.25) is 15.9 Å². The molecular formula is C21H27N3O6S. The van der Waals surface area contributed by atoms with E-state index in [2.05, 4.69) is 10.6 Å². The Morgan fingerprint density at radius 2 is 1.58 bits per heavy atom. The zero-order chi connectivity index (χ0) is 22.9. The van der Waals surface area contributed by atoms with Gasteiger partial charge in [-0.05, 0) is 56.2 Å². The van der Waals surface area contributed by atoms with E-state index in [1.807, 2.05) is 13.8 Å². The zero-order valence-electron chi connectivity index (χ0n) is 17.5. The molecule has 10 heteroatoms. The molecule has 0 atom stereocenters. The SMILES string of the molecule is CCOc1ccc(C(=O)NCC(=O)NCCc2ccc(S(N)(=O)=O)cc2)cc1OCC. The summed E-state index contributed by atoms with van der Waals surface area (Å²) in [4.78, 5) is 24.4. The minimum absolute atomic E-state index is 0.0322. The second-order valence-corrected chi connectivity index (χ2v) is 8.06. The maximum Gasteiger partial charge on any atom is 0.251 e. The second-order valence-electron chi connectivity index (χ2n) is 6.50. The van der Waals surface area contributed by atoms with Crippen molar-refractivity contribution in [2.45, 2.75) is 25.2 Å². The first-order valence-corrected chi connectivity index (χ1v) is 11.4. The van der Waals surface area contributed by atoms with E-state index < -0.39 is 15.9 Å². The molecular weight excluding hydrogens is 422 g/mol. The quantitative estimate of drug-likeness (QED) is 0.472. The summed E-state index contributed by atoms with van der Waals surface area (Å²) in [6, 6.07) is 10.9. The lowest BCUT2D eigenvalue weighted by Gasteiger charge is -2.12. The van der Waals surface area contributed by atoms with Gasteiger partial charge in [-0.1, -0.05) is 12.1 Å². The van der Waals surface area contributed by atoms with Gasteiger partial charge in [0.15, 0.2) is 11.5 Å². The molecule has 0 aliphatic heterocycles. The van der Waals surface area contributed by atoms with Crippen LogP contribution in [0.15, 0.2) is 47.4 Å². The lowest BCUT2D eigenvalue weighted by molar-refractivity contribution is -0.120. The highest BCUT2D eigenvalue weighted by Crippen LogP contribution is 2.28. The number of primary sulfonamides is 1. The molecule has 2 aromatic carbocycles. The van der Waals surface area contributed by atoms with E-state index in [-0.39, 0.29) is 17.3 Å². The first-order chi connectivity index (χ1) is 14.7. The highest BCUT2D eigenvalue weighted by Gasteiger charge is 2.13. The Labute approximate surface area is 182 Å². The van der Waals surface area contributed by atoms with Gasteiger partial charge in [-0.25, -0.2) is 13.6 Å². The van der Waals surface area contributed by atoms with Crippen LogP contribution < -0.4 is 25.2 Å². The molecule has 0 saturated heterocycles. The number of nitrogens with one attached hydrogen (secondary N) is 2. The largest absolute Gasteiger partial charge is 0.490 e. The van der Waals surface area contributed by atoms with Crippen LogP contribution in [0.25, 0.3) is 0 Å². The summed E-state index contributed by atoms with van der Waals surface area (Å²) in [5.74, 6) is 0.272. The van der Waals surface area contributed by atoms with Crippen molar-refractivity contribution in [3.05, 3.63) is 53.6 Å². The van der Waals surface area contributed by atoms with Gasteiger partial charge < -0.3 is 20.1 Å². The number of hydrogen-bond acceptors (Lipinski definition) is 6. The third kappa shape index (κ3) is 7.58. The summed E-state index contributed by atoms with van der Waals surface area (Å²) < 4.78 is 33.5. The van der Waals surface area contributed by atoms with Crippen molar-refractivity contribution in [2.24, 2.45) is 5.14 Å². The molecule has 0 aromatic heterocycles. The van der Waals surface area contributed by atoms with Gasteiger partial charge in [0.1, 0.15) is 0 Å². The van der Waals surface area contributed by atoms with Crippen LogP contribution in [0.4, 0.5) is 0 Å². The fourth-order valence-electron chi connectivity index (χ4n) is 2.71. The lowest BCUT2D eigenvalue weighted by Crippen LogP contribution is -2.37. The van der Waals surface area contributed by atoms with E-state index in [4.69, 9.17) is 14.6 Å². The highest BCUT2D eigenvalue weighted by atomic mass is 32.2. The molecule has 0 radical (unpaired) electrons. The summed E-state index contributed by atoms with van der Waals surface area (Å²) in [5.41, 5.74) is 1.20. The van der Waals surface area contributed by atoms with Crippen LogP contribution in [-0.2, 0) is 21.2 Å². The number of amides is 2. The van der Waals surface area contributed by atoms with Gasteiger partial charge >= 0.3 is 0 Å². The van der Waals surface area contributed by atoms with Crippen molar-refractivity contribution in [3.8, 4) is 11.5 Å². The van der Waals surface area contributed by atoms with Gasteiger partial charge in [-0.3, -0.25) is 9.59 Å². The highest BCUT2D eigenvalue weighted by molar-refractivity contribution is 7.89. The van der Waals surface area contributed by atoms with E-state index in [9.17, 15) is 18.0 Å². The molecule has 2 rings (SSSR count). The molecule has 0 aliphatic rings. The van der Waals surface area contributed by atoms with E-state index >= 15 is 0 Å². The molecule has 31 heavy (non-hydrogen) atoms. The van der Waals surface area contributed by atoms with E-state index in [1.165, 1.54) is 12.1 Å². The smallest absolute Gasteiger partial charge is 0.251 e. The number of carbonyl (C=O) groups is 2. The third-order valence-electron chi connectivity index (χ3n) is 4.20. The number of sulfonamides is 1. The van der Waals surface area contributed by atoms with Crippen molar-refractivity contribution in [3.63, 3.8) is 0 Å². The molecule has 0 aliphatic carbocycles. The predicted molar refractivity (Wildman–Crippen MR) is 116 cm³/mol. The molecule has 2 aromatic rings. The third-order valence-corrected chi connectivity index (χ3v) is 5.13. The van der Waals surface area contributed by atoms with Gasteiger partial charge in [0.05, 0.1) is 24.7 Å². The summed E-state index contributed by atoms with van der Waals surface area (Å²) in [6.45, 7) is 4.75. The van der Waals surface area contributed by atoms with Crippen molar-refractivity contribution in [1.29, 1.82) is 0 Å².